The summed E-state index contributed by atoms with van der Waals surface area (Å²) in [4.78, 5) is 56.1. The number of carbonyl (C=O) groups is 3. The number of cyclic esters (lactones) is 1. The topological polar surface area (TPSA) is 175 Å². The Balaban J connectivity index is 1.37. The van der Waals surface area contributed by atoms with Crippen LogP contribution in [0, 0.1) is 18.7 Å². The highest BCUT2D eigenvalue weighted by atomic mass is 19.1. The van der Waals surface area contributed by atoms with Crippen LogP contribution >= 0.6 is 0 Å². The van der Waals surface area contributed by atoms with Crippen LogP contribution in [0.2, 0.25) is 0 Å². The fourth-order valence-electron chi connectivity index (χ4n) is 5.96. The Labute approximate surface area is 251 Å². The molecule has 0 radical (unpaired) electrons. The van der Waals surface area contributed by atoms with Crippen molar-refractivity contribution in [3.05, 3.63) is 62.2 Å². The predicted molar refractivity (Wildman–Crippen MR) is 155 cm³/mol. The van der Waals surface area contributed by atoms with Gasteiger partial charge in [0.2, 0.25) is 11.8 Å². The number of carbonyl (C=O) groups excluding carboxylic acids is 3. The van der Waals surface area contributed by atoms with Gasteiger partial charge < -0.3 is 35.5 Å². The van der Waals surface area contributed by atoms with Gasteiger partial charge in [-0.1, -0.05) is 6.92 Å². The maximum atomic E-state index is 14.7. The number of aryl methyl sites for hydroxylation is 1. The van der Waals surface area contributed by atoms with E-state index in [0.29, 0.717) is 39.0 Å². The van der Waals surface area contributed by atoms with Crippen LogP contribution in [0.25, 0.3) is 22.3 Å². The summed E-state index contributed by atoms with van der Waals surface area (Å²) in [6.07, 6.45) is 0.829. The first-order chi connectivity index (χ1) is 20.9. The Bertz CT molecular complexity index is 1780. The maximum absolute atomic E-state index is 14.7. The molecular formula is C31H34FN5O7. The first kappa shape index (κ1) is 29.9. The molecule has 13 heteroatoms. The number of hydrogen-bond acceptors (Lipinski definition) is 9. The summed E-state index contributed by atoms with van der Waals surface area (Å²) >= 11 is 0. The second-order valence-electron chi connectivity index (χ2n) is 11.8. The Morgan fingerprint density at radius 2 is 1.98 bits per heavy atom. The highest BCUT2D eigenvalue weighted by Crippen LogP contribution is 2.41. The zero-order chi connectivity index (χ0) is 31.5. The van der Waals surface area contributed by atoms with E-state index in [1.54, 1.807) is 32.9 Å². The van der Waals surface area contributed by atoms with Crippen molar-refractivity contribution in [3.8, 4) is 11.4 Å². The summed E-state index contributed by atoms with van der Waals surface area (Å²) in [7, 11) is 0. The van der Waals surface area contributed by atoms with Gasteiger partial charge in [0.05, 0.1) is 35.1 Å². The van der Waals surface area contributed by atoms with E-state index in [2.05, 4.69) is 10.6 Å². The second kappa shape index (κ2) is 11.1. The summed E-state index contributed by atoms with van der Waals surface area (Å²) in [5, 5.41) is 17.3. The zero-order valence-electron chi connectivity index (χ0n) is 24.7. The molecule has 44 heavy (non-hydrogen) atoms. The number of aromatic nitrogens is 2. The monoisotopic (exact) mass is 607 g/mol. The van der Waals surface area contributed by atoms with Crippen molar-refractivity contribution >= 4 is 28.7 Å². The number of nitrogens with one attached hydrogen (secondary N) is 2. The third-order valence-corrected chi connectivity index (χ3v) is 8.76. The molecule has 232 valence electrons. The van der Waals surface area contributed by atoms with Crippen LogP contribution in [-0.2, 0) is 49.2 Å². The lowest BCUT2D eigenvalue weighted by molar-refractivity contribution is -0.172. The van der Waals surface area contributed by atoms with Crippen molar-refractivity contribution in [2.45, 2.75) is 77.5 Å². The lowest BCUT2D eigenvalue weighted by Gasteiger charge is -2.31. The van der Waals surface area contributed by atoms with Crippen LogP contribution in [0.3, 0.4) is 0 Å². The highest BCUT2D eigenvalue weighted by Gasteiger charge is 2.45. The van der Waals surface area contributed by atoms with E-state index in [1.165, 1.54) is 10.6 Å². The van der Waals surface area contributed by atoms with Gasteiger partial charge in [-0.3, -0.25) is 14.4 Å². The number of amides is 2. The minimum Gasteiger partial charge on any atom is -0.458 e. The number of nitrogens with two attached hydrogens (primary N) is 1. The number of aliphatic hydroxyl groups is 1. The highest BCUT2D eigenvalue weighted by molar-refractivity contribution is 5.90. The summed E-state index contributed by atoms with van der Waals surface area (Å²) in [6, 6.07) is 3.85. The molecule has 2 aliphatic heterocycles. The first-order valence-corrected chi connectivity index (χ1v) is 14.7. The molecule has 1 aliphatic carbocycles. The second-order valence-corrected chi connectivity index (χ2v) is 11.8. The molecule has 1 fully saturated rings. The first-order valence-electron chi connectivity index (χ1n) is 14.7. The number of esters is 1. The Hall–Kier alpha value is -4.20. The number of nitrogens with zero attached hydrogens (tertiary/aromatic N) is 2. The molecule has 3 atom stereocenters. The summed E-state index contributed by atoms with van der Waals surface area (Å²) in [6.45, 7) is 4.52. The Morgan fingerprint density at radius 3 is 2.66 bits per heavy atom. The van der Waals surface area contributed by atoms with Crippen molar-refractivity contribution in [2.24, 2.45) is 11.7 Å². The minimum atomic E-state index is -1.98. The third kappa shape index (κ3) is 4.94. The number of rotatable bonds is 9. The number of hydrogen-bond donors (Lipinski definition) is 4. The van der Waals surface area contributed by atoms with Crippen LogP contribution in [0.5, 0.6) is 0 Å². The molecule has 0 saturated heterocycles. The molecule has 0 spiro atoms. The van der Waals surface area contributed by atoms with Crippen molar-refractivity contribution in [3.63, 3.8) is 0 Å². The molecule has 2 aromatic heterocycles. The van der Waals surface area contributed by atoms with Gasteiger partial charge in [-0.25, -0.2) is 14.2 Å². The molecule has 2 amide bonds. The van der Waals surface area contributed by atoms with Crippen molar-refractivity contribution < 1.29 is 33.4 Å². The van der Waals surface area contributed by atoms with Gasteiger partial charge in [-0.2, -0.15) is 0 Å². The van der Waals surface area contributed by atoms with Crippen LogP contribution < -0.4 is 21.9 Å². The van der Waals surface area contributed by atoms with Crippen molar-refractivity contribution in [1.82, 2.24) is 20.2 Å². The van der Waals surface area contributed by atoms with Crippen molar-refractivity contribution in [2.75, 3.05) is 6.73 Å². The molecule has 0 bridgehead atoms. The van der Waals surface area contributed by atoms with E-state index < -0.39 is 41.0 Å². The number of ether oxygens (including phenoxy) is 2. The molecule has 4 heterocycles. The average Bonchev–Trinajstić information content (AvgIpc) is 3.77. The number of pyridine rings is 2. The van der Waals surface area contributed by atoms with Crippen molar-refractivity contribution in [1.29, 1.82) is 0 Å². The summed E-state index contributed by atoms with van der Waals surface area (Å²) in [5.41, 5.74) is 6.34. The third-order valence-electron chi connectivity index (χ3n) is 8.76. The van der Waals surface area contributed by atoms with Gasteiger partial charge in [-0.05, 0) is 62.3 Å². The quantitative estimate of drug-likeness (QED) is 0.162. The van der Waals surface area contributed by atoms with Gasteiger partial charge in [-0.15, -0.1) is 0 Å². The standard InChI is InChI=1S/C31H34FN5O7/c1-4-31(42)21-8-24-25-19(11-37(24)29(40)20(21)12-43-30(31)41)18(17-7-14(2)22(32)9-23(17)36-25)10-34-28(39)26(16-5-6-16)44-13-35-27(38)15(3)33/h7-9,15-16,26,42H,4-6,10-13,33H2,1-3H3,(H,34,39)(H,35,38)/t15-,26+,31-/m0/s1. The van der Waals surface area contributed by atoms with Gasteiger partial charge in [0.15, 0.2) is 5.60 Å². The number of benzene rings is 1. The van der Waals surface area contributed by atoms with Gasteiger partial charge in [0.1, 0.15) is 25.3 Å². The molecule has 6 rings (SSSR count). The zero-order valence-corrected chi connectivity index (χ0v) is 24.7. The van der Waals surface area contributed by atoms with Crippen LogP contribution in [0.4, 0.5) is 4.39 Å². The van der Waals surface area contributed by atoms with E-state index in [1.807, 2.05) is 0 Å². The summed E-state index contributed by atoms with van der Waals surface area (Å²) < 4.78 is 27.1. The predicted octanol–water partition coefficient (Wildman–Crippen LogP) is 1.36. The lowest BCUT2D eigenvalue weighted by atomic mass is 9.86. The smallest absolute Gasteiger partial charge is 0.343 e. The summed E-state index contributed by atoms with van der Waals surface area (Å²) in [5.74, 6) is -2.04. The van der Waals surface area contributed by atoms with Crippen LogP contribution in [0.1, 0.15) is 60.9 Å². The van der Waals surface area contributed by atoms with E-state index in [9.17, 15) is 28.7 Å². The van der Waals surface area contributed by atoms with E-state index >= 15 is 0 Å². The average molecular weight is 608 g/mol. The van der Waals surface area contributed by atoms with Gasteiger partial charge in [0.25, 0.3) is 5.56 Å². The van der Waals surface area contributed by atoms with E-state index in [0.717, 1.165) is 12.8 Å². The minimum absolute atomic E-state index is 0.000657. The largest absolute Gasteiger partial charge is 0.458 e. The molecule has 3 aromatic rings. The Kier molecular flexibility index (Phi) is 7.50. The molecule has 0 unspecified atom stereocenters. The fraction of sp³-hybridized carbons (Fsp3) is 0.452. The molecule has 1 saturated carbocycles. The molecule has 1 aromatic carbocycles. The molecular weight excluding hydrogens is 573 g/mol. The van der Waals surface area contributed by atoms with Gasteiger partial charge >= 0.3 is 5.97 Å². The van der Waals surface area contributed by atoms with Crippen LogP contribution in [-0.4, -0.2) is 51.3 Å². The van der Waals surface area contributed by atoms with Gasteiger partial charge in [0, 0.05) is 29.1 Å². The molecule has 12 nitrogen and oxygen atoms in total. The normalized spacial score (nSPS) is 19.9. The molecule has 5 N–H and O–H groups in total. The number of halogens is 1. The van der Waals surface area contributed by atoms with E-state index in [-0.39, 0.29) is 55.8 Å². The SMILES string of the molecule is CC[C@@]1(O)C(=O)OCc2c1cc1n(c2=O)Cc2c-1nc1cc(F)c(C)cc1c2CNC(=O)[C@H](OCNC(=O)[C@H](C)N)C1CC1. The van der Waals surface area contributed by atoms with Crippen LogP contribution in [0.15, 0.2) is 23.0 Å². The fourth-order valence-corrected chi connectivity index (χ4v) is 5.96. The van der Waals surface area contributed by atoms with E-state index in [4.69, 9.17) is 20.2 Å². The number of fused-ring (bicyclic) bond motifs is 5. The Morgan fingerprint density at radius 1 is 1.23 bits per heavy atom. The maximum Gasteiger partial charge on any atom is 0.343 e. The molecule has 3 aliphatic rings. The lowest BCUT2D eigenvalue weighted by Crippen LogP contribution is -2.44.